The number of thiophene rings is 1. The van der Waals surface area contributed by atoms with Crippen molar-refractivity contribution in [2.75, 3.05) is 13.2 Å². The average Bonchev–Trinajstić information content (AvgIpc) is 2.76. The Labute approximate surface area is 136 Å². The molecule has 2 unspecified atom stereocenters. The molecule has 1 rings (SSSR count). The van der Waals surface area contributed by atoms with Gasteiger partial charge in [0.1, 0.15) is 0 Å². The van der Waals surface area contributed by atoms with Crippen LogP contribution in [0.4, 0.5) is 0 Å². The highest BCUT2D eigenvalue weighted by molar-refractivity contribution is 9.11. The first-order valence-electron chi connectivity index (χ1n) is 7.47. The molecule has 0 saturated heterocycles. The van der Waals surface area contributed by atoms with E-state index < -0.39 is 0 Å². The lowest BCUT2D eigenvalue weighted by molar-refractivity contribution is -0.0353. The summed E-state index contributed by atoms with van der Waals surface area (Å²) in [7, 11) is 0. The first kappa shape index (κ1) is 18.1. The third-order valence-corrected chi connectivity index (χ3v) is 4.92. The fourth-order valence-corrected chi connectivity index (χ4v) is 3.98. The summed E-state index contributed by atoms with van der Waals surface area (Å²) in [6.45, 7) is 12.9. The van der Waals surface area contributed by atoms with Gasteiger partial charge in [0.2, 0.25) is 0 Å². The van der Waals surface area contributed by atoms with Crippen LogP contribution >= 0.6 is 27.3 Å². The summed E-state index contributed by atoms with van der Waals surface area (Å²) in [4.78, 5) is 1.40. The molecule has 0 spiro atoms. The van der Waals surface area contributed by atoms with E-state index in [0.717, 1.165) is 26.0 Å². The van der Waals surface area contributed by atoms with Crippen LogP contribution in [0.15, 0.2) is 15.9 Å². The fraction of sp³-hybridized carbons (Fsp3) is 0.750. The van der Waals surface area contributed by atoms with E-state index in [1.54, 1.807) is 0 Å². The Kier molecular flexibility index (Phi) is 7.73. The normalized spacial score (nSPS) is 15.3. The van der Waals surface area contributed by atoms with Gasteiger partial charge < -0.3 is 10.1 Å². The molecule has 0 aliphatic heterocycles. The van der Waals surface area contributed by atoms with E-state index in [1.807, 2.05) is 11.3 Å². The van der Waals surface area contributed by atoms with Crippen molar-refractivity contribution in [3.63, 3.8) is 0 Å². The summed E-state index contributed by atoms with van der Waals surface area (Å²) in [5.74, 6) is 0. The van der Waals surface area contributed by atoms with Crippen LogP contribution in [-0.4, -0.2) is 25.3 Å². The van der Waals surface area contributed by atoms with Crippen LogP contribution < -0.4 is 5.32 Å². The molecular weight excluding hydrogens is 334 g/mol. The van der Waals surface area contributed by atoms with Gasteiger partial charge in [0, 0.05) is 17.5 Å². The molecule has 0 saturated carbocycles. The predicted molar refractivity (Wildman–Crippen MR) is 92.7 cm³/mol. The van der Waals surface area contributed by atoms with E-state index in [9.17, 15) is 0 Å². The molecular formula is C16H28BrNOS. The lowest BCUT2D eigenvalue weighted by Crippen LogP contribution is -2.49. The Morgan fingerprint density at radius 1 is 1.30 bits per heavy atom. The maximum absolute atomic E-state index is 6.08. The van der Waals surface area contributed by atoms with Crippen LogP contribution in [0.1, 0.15) is 45.9 Å². The van der Waals surface area contributed by atoms with E-state index in [-0.39, 0.29) is 11.5 Å². The molecule has 1 heterocycles. The minimum absolute atomic E-state index is 0.135. The Morgan fingerprint density at radius 3 is 2.45 bits per heavy atom. The van der Waals surface area contributed by atoms with Crippen LogP contribution in [0, 0.1) is 5.41 Å². The van der Waals surface area contributed by atoms with Crippen LogP contribution in [0.25, 0.3) is 0 Å². The second kappa shape index (κ2) is 8.52. The van der Waals surface area contributed by atoms with Gasteiger partial charge in [-0.25, -0.2) is 0 Å². The van der Waals surface area contributed by atoms with Crippen LogP contribution in [0.3, 0.4) is 0 Å². The molecule has 0 radical (unpaired) electrons. The molecule has 4 heteroatoms. The zero-order valence-electron chi connectivity index (χ0n) is 13.3. The molecule has 1 aromatic heterocycles. The van der Waals surface area contributed by atoms with Gasteiger partial charge in [-0.3, -0.25) is 0 Å². The van der Waals surface area contributed by atoms with E-state index >= 15 is 0 Å². The van der Waals surface area contributed by atoms with E-state index in [1.165, 1.54) is 8.66 Å². The minimum Gasteiger partial charge on any atom is -0.376 e. The zero-order chi connectivity index (χ0) is 15.2. The lowest BCUT2D eigenvalue weighted by Gasteiger charge is -2.37. The molecule has 1 aromatic rings. The standard InChI is InChI=1S/C16H28BrNOS/c1-6-10-18-13(11-12-8-9-14(17)20-12)15(19-7-2)16(3,4)5/h8-9,13,15,18H,6-7,10-11H2,1-5H3. The first-order valence-corrected chi connectivity index (χ1v) is 9.08. The number of hydrogen-bond donors (Lipinski definition) is 1. The molecule has 116 valence electrons. The van der Waals surface area contributed by atoms with Gasteiger partial charge in [0.15, 0.2) is 0 Å². The lowest BCUT2D eigenvalue weighted by atomic mass is 9.83. The Morgan fingerprint density at radius 2 is 2.00 bits per heavy atom. The number of nitrogens with one attached hydrogen (secondary N) is 1. The third-order valence-electron chi connectivity index (χ3n) is 3.27. The molecule has 0 fully saturated rings. The van der Waals surface area contributed by atoms with E-state index in [4.69, 9.17) is 4.74 Å². The Balaban J connectivity index is 2.84. The van der Waals surface area contributed by atoms with Crippen molar-refractivity contribution in [1.29, 1.82) is 0 Å². The first-order chi connectivity index (χ1) is 9.38. The maximum atomic E-state index is 6.08. The summed E-state index contributed by atoms with van der Waals surface area (Å²) in [5.41, 5.74) is 0.135. The van der Waals surface area contributed by atoms with Gasteiger partial charge in [-0.05, 0) is 59.8 Å². The van der Waals surface area contributed by atoms with Gasteiger partial charge in [0.05, 0.1) is 9.89 Å². The summed E-state index contributed by atoms with van der Waals surface area (Å²) >= 11 is 5.37. The zero-order valence-corrected chi connectivity index (χ0v) is 15.7. The molecule has 0 amide bonds. The van der Waals surface area contributed by atoms with Crippen molar-refractivity contribution < 1.29 is 4.74 Å². The second-order valence-corrected chi connectivity index (χ2v) is 8.76. The highest BCUT2D eigenvalue weighted by Crippen LogP contribution is 2.29. The monoisotopic (exact) mass is 361 g/mol. The summed E-state index contributed by atoms with van der Waals surface area (Å²) in [6, 6.07) is 4.70. The van der Waals surface area contributed by atoms with Crippen LogP contribution in [0.2, 0.25) is 0 Å². The largest absolute Gasteiger partial charge is 0.376 e. The molecule has 0 aliphatic rings. The SMILES string of the molecule is CCCNC(Cc1ccc(Br)s1)C(OCC)C(C)(C)C. The average molecular weight is 362 g/mol. The molecule has 0 aromatic carbocycles. The molecule has 2 nitrogen and oxygen atoms in total. The highest BCUT2D eigenvalue weighted by atomic mass is 79.9. The van der Waals surface area contributed by atoms with Crippen molar-refractivity contribution >= 4 is 27.3 Å². The minimum atomic E-state index is 0.135. The molecule has 1 N–H and O–H groups in total. The number of rotatable bonds is 8. The topological polar surface area (TPSA) is 21.3 Å². The highest BCUT2D eigenvalue weighted by Gasteiger charge is 2.32. The van der Waals surface area contributed by atoms with Crippen molar-refractivity contribution in [3.8, 4) is 0 Å². The number of halogens is 1. The van der Waals surface area contributed by atoms with Crippen molar-refractivity contribution in [3.05, 3.63) is 20.8 Å². The van der Waals surface area contributed by atoms with E-state index in [2.05, 4.69) is 68.0 Å². The quantitative estimate of drug-likeness (QED) is 0.712. The summed E-state index contributed by atoms with van der Waals surface area (Å²) in [6.07, 6.45) is 2.39. The molecule has 0 bridgehead atoms. The van der Waals surface area contributed by atoms with Crippen LogP contribution in [0.5, 0.6) is 0 Å². The predicted octanol–water partition coefficient (Wildman–Crippen LogP) is 4.87. The van der Waals surface area contributed by atoms with Gasteiger partial charge in [-0.15, -0.1) is 11.3 Å². The summed E-state index contributed by atoms with van der Waals surface area (Å²) < 4.78 is 7.27. The van der Waals surface area contributed by atoms with Gasteiger partial charge in [-0.2, -0.15) is 0 Å². The van der Waals surface area contributed by atoms with E-state index in [0.29, 0.717) is 6.04 Å². The second-order valence-electron chi connectivity index (χ2n) is 6.21. The summed E-state index contributed by atoms with van der Waals surface area (Å²) in [5, 5.41) is 3.68. The number of hydrogen-bond acceptors (Lipinski definition) is 3. The molecule has 2 atom stereocenters. The molecule has 0 aliphatic carbocycles. The van der Waals surface area contributed by atoms with Gasteiger partial charge in [0.25, 0.3) is 0 Å². The van der Waals surface area contributed by atoms with Crippen LogP contribution in [-0.2, 0) is 11.2 Å². The fourth-order valence-electron chi connectivity index (χ4n) is 2.44. The smallest absolute Gasteiger partial charge is 0.0779 e. The third kappa shape index (κ3) is 5.84. The maximum Gasteiger partial charge on any atom is 0.0779 e. The number of ether oxygens (including phenoxy) is 1. The molecule has 20 heavy (non-hydrogen) atoms. The van der Waals surface area contributed by atoms with Crippen molar-refractivity contribution in [2.45, 2.75) is 59.6 Å². The Hall–Kier alpha value is 0.1000. The Bertz CT molecular complexity index is 386. The van der Waals surface area contributed by atoms with Crippen molar-refractivity contribution in [2.24, 2.45) is 5.41 Å². The van der Waals surface area contributed by atoms with Crippen molar-refractivity contribution in [1.82, 2.24) is 5.32 Å². The van der Waals surface area contributed by atoms with Gasteiger partial charge in [-0.1, -0.05) is 27.7 Å². The van der Waals surface area contributed by atoms with Gasteiger partial charge >= 0.3 is 0 Å².